The Morgan fingerprint density at radius 1 is 1.40 bits per heavy atom. The molecule has 0 aromatic carbocycles. The van der Waals surface area contributed by atoms with Gasteiger partial charge in [0.15, 0.2) is 0 Å². The predicted molar refractivity (Wildman–Crippen MR) is 66.4 cm³/mol. The van der Waals surface area contributed by atoms with Gasteiger partial charge in [-0.15, -0.1) is 11.3 Å². The van der Waals surface area contributed by atoms with E-state index in [0.29, 0.717) is 5.15 Å². The molecule has 0 aliphatic heterocycles. The van der Waals surface area contributed by atoms with E-state index >= 15 is 0 Å². The van der Waals surface area contributed by atoms with Crippen molar-refractivity contribution < 1.29 is 0 Å². The summed E-state index contributed by atoms with van der Waals surface area (Å²) in [4.78, 5) is 5.38. The van der Waals surface area contributed by atoms with E-state index in [2.05, 4.69) is 29.3 Å². The van der Waals surface area contributed by atoms with E-state index in [1.807, 2.05) is 6.07 Å². The number of halogens is 1. The normalized spacial score (nSPS) is 14.9. The van der Waals surface area contributed by atoms with Crippen LogP contribution < -0.4 is 0 Å². The summed E-state index contributed by atoms with van der Waals surface area (Å²) in [6.07, 6.45) is 9.20. The zero-order chi connectivity index (χ0) is 10.3. The largest absolute Gasteiger partial charge is 0.243 e. The molecule has 3 rings (SSSR count). The van der Waals surface area contributed by atoms with Crippen molar-refractivity contribution in [2.75, 3.05) is 0 Å². The molecule has 0 saturated heterocycles. The summed E-state index contributed by atoms with van der Waals surface area (Å²) in [6, 6.07) is 4.19. The maximum Gasteiger partial charge on any atom is 0.146 e. The Kier molecular flexibility index (Phi) is 2.11. The van der Waals surface area contributed by atoms with E-state index in [-0.39, 0.29) is 0 Å². The third-order valence-electron chi connectivity index (χ3n) is 2.48. The molecule has 0 spiro atoms. The summed E-state index contributed by atoms with van der Waals surface area (Å²) in [5, 5.41) is 1.79. The van der Waals surface area contributed by atoms with Crippen LogP contribution in [0.1, 0.15) is 11.3 Å². The summed E-state index contributed by atoms with van der Waals surface area (Å²) >= 11 is 7.76. The molecular weight excluding hydrogens is 226 g/mol. The first-order valence-corrected chi connectivity index (χ1v) is 5.94. The fourth-order valence-electron chi connectivity index (χ4n) is 1.72. The van der Waals surface area contributed by atoms with Crippen molar-refractivity contribution in [2.24, 2.45) is 0 Å². The highest BCUT2D eigenvalue weighted by atomic mass is 35.5. The highest BCUT2D eigenvalue weighted by Gasteiger charge is 2.09. The number of aromatic nitrogens is 1. The van der Waals surface area contributed by atoms with Crippen molar-refractivity contribution in [1.82, 2.24) is 4.98 Å². The van der Waals surface area contributed by atoms with Gasteiger partial charge in [-0.25, -0.2) is 4.98 Å². The van der Waals surface area contributed by atoms with Gasteiger partial charge < -0.3 is 0 Å². The summed E-state index contributed by atoms with van der Waals surface area (Å²) in [5.74, 6) is 0. The molecule has 15 heavy (non-hydrogen) atoms. The monoisotopic (exact) mass is 233 g/mol. The Hall–Kier alpha value is -1.12. The Balaban J connectivity index is 2.18. The van der Waals surface area contributed by atoms with Crippen LogP contribution in [0.5, 0.6) is 0 Å². The maximum absolute atomic E-state index is 6.04. The molecule has 3 heteroatoms. The molecular formula is C12H8ClNS. The predicted octanol–water partition coefficient (Wildman–Crippen LogP) is 4.29. The highest BCUT2D eigenvalue weighted by molar-refractivity contribution is 7.20. The molecule has 0 unspecified atom stereocenters. The number of allylic oxidation sites excluding steroid dienone is 4. The van der Waals surface area contributed by atoms with Gasteiger partial charge in [-0.2, -0.15) is 0 Å². The lowest BCUT2D eigenvalue weighted by Gasteiger charge is -1.93. The van der Waals surface area contributed by atoms with Gasteiger partial charge in [-0.05, 0) is 29.5 Å². The zero-order valence-corrected chi connectivity index (χ0v) is 9.48. The standard InChI is InChI=1S/C12H8ClNS/c13-12-11-9(5-6-14-12)7-10(15-11)8-3-1-2-4-8/h1-3,5-7H,4H2. The first-order chi connectivity index (χ1) is 7.34. The molecule has 2 aromatic rings. The molecule has 1 aliphatic rings. The number of fused-ring (bicyclic) bond motifs is 1. The van der Waals surface area contributed by atoms with Crippen LogP contribution in [0.4, 0.5) is 0 Å². The molecule has 1 aliphatic carbocycles. The van der Waals surface area contributed by atoms with E-state index < -0.39 is 0 Å². The molecule has 74 valence electrons. The smallest absolute Gasteiger partial charge is 0.146 e. The van der Waals surface area contributed by atoms with Gasteiger partial charge in [-0.3, -0.25) is 0 Å². The first kappa shape index (κ1) is 9.13. The van der Waals surface area contributed by atoms with Gasteiger partial charge in [0.25, 0.3) is 0 Å². The molecule has 1 nitrogen and oxygen atoms in total. The molecule has 2 heterocycles. The maximum atomic E-state index is 6.04. The number of thiophene rings is 1. The highest BCUT2D eigenvalue weighted by Crippen LogP contribution is 2.36. The van der Waals surface area contributed by atoms with Crippen LogP contribution in [0, 0.1) is 0 Å². The fourth-order valence-corrected chi connectivity index (χ4v) is 3.07. The lowest BCUT2D eigenvalue weighted by molar-refractivity contribution is 1.37. The van der Waals surface area contributed by atoms with Crippen molar-refractivity contribution in [3.63, 3.8) is 0 Å². The fraction of sp³-hybridized carbons (Fsp3) is 0.0833. The molecule has 0 amide bonds. The minimum atomic E-state index is 0.607. The number of rotatable bonds is 1. The van der Waals surface area contributed by atoms with Crippen molar-refractivity contribution in [3.8, 4) is 0 Å². The summed E-state index contributed by atoms with van der Waals surface area (Å²) in [6.45, 7) is 0. The minimum absolute atomic E-state index is 0.607. The number of hydrogen-bond donors (Lipinski definition) is 0. The van der Waals surface area contributed by atoms with Crippen LogP contribution in [0.25, 0.3) is 15.7 Å². The van der Waals surface area contributed by atoms with Crippen LogP contribution in [0.2, 0.25) is 5.15 Å². The van der Waals surface area contributed by atoms with E-state index in [0.717, 1.165) is 11.1 Å². The van der Waals surface area contributed by atoms with E-state index in [9.17, 15) is 0 Å². The Bertz CT molecular complexity index is 580. The lowest BCUT2D eigenvalue weighted by Crippen LogP contribution is -1.71. The van der Waals surface area contributed by atoms with Crippen molar-refractivity contribution in [1.29, 1.82) is 0 Å². The number of hydrogen-bond acceptors (Lipinski definition) is 2. The lowest BCUT2D eigenvalue weighted by atomic mass is 10.2. The molecule has 0 fully saturated rings. The minimum Gasteiger partial charge on any atom is -0.243 e. The molecule has 0 N–H and O–H groups in total. The van der Waals surface area contributed by atoms with Crippen LogP contribution in [-0.4, -0.2) is 4.98 Å². The van der Waals surface area contributed by atoms with Gasteiger partial charge in [-0.1, -0.05) is 29.8 Å². The first-order valence-electron chi connectivity index (χ1n) is 4.75. The topological polar surface area (TPSA) is 12.9 Å². The van der Waals surface area contributed by atoms with E-state index in [1.165, 1.54) is 15.8 Å². The van der Waals surface area contributed by atoms with Crippen molar-refractivity contribution >= 4 is 38.6 Å². The number of nitrogens with zero attached hydrogens (tertiary/aromatic N) is 1. The average Bonchev–Trinajstić information content (AvgIpc) is 2.86. The number of pyridine rings is 1. The van der Waals surface area contributed by atoms with Crippen molar-refractivity contribution in [3.05, 3.63) is 46.6 Å². The van der Waals surface area contributed by atoms with Crippen LogP contribution in [0.3, 0.4) is 0 Å². The summed E-state index contributed by atoms with van der Waals surface area (Å²) in [7, 11) is 0. The summed E-state index contributed by atoms with van der Waals surface area (Å²) in [5.41, 5.74) is 1.37. The third kappa shape index (κ3) is 1.50. The Morgan fingerprint density at radius 3 is 3.07 bits per heavy atom. The second kappa shape index (κ2) is 3.47. The van der Waals surface area contributed by atoms with Gasteiger partial charge in [0.05, 0.1) is 4.70 Å². The molecule has 0 radical (unpaired) electrons. The second-order valence-corrected chi connectivity index (χ2v) is 4.87. The quantitative estimate of drug-likeness (QED) is 0.670. The van der Waals surface area contributed by atoms with Crippen LogP contribution in [0.15, 0.2) is 36.6 Å². The molecule has 2 aromatic heterocycles. The van der Waals surface area contributed by atoms with Gasteiger partial charge >= 0.3 is 0 Å². The van der Waals surface area contributed by atoms with Gasteiger partial charge in [0.1, 0.15) is 5.15 Å². The Labute approximate surface area is 96.7 Å². The second-order valence-electron chi connectivity index (χ2n) is 3.45. The van der Waals surface area contributed by atoms with Gasteiger partial charge in [0, 0.05) is 11.1 Å². The SMILES string of the molecule is Clc1nccc2cc(C3=CC=CC3)sc12. The molecule has 0 saturated carbocycles. The van der Waals surface area contributed by atoms with Crippen LogP contribution in [-0.2, 0) is 0 Å². The van der Waals surface area contributed by atoms with Crippen LogP contribution >= 0.6 is 22.9 Å². The van der Waals surface area contributed by atoms with E-state index in [4.69, 9.17) is 11.6 Å². The van der Waals surface area contributed by atoms with E-state index in [1.54, 1.807) is 17.5 Å². The Morgan fingerprint density at radius 2 is 2.33 bits per heavy atom. The third-order valence-corrected chi connectivity index (χ3v) is 4.11. The average molecular weight is 234 g/mol. The summed E-state index contributed by atoms with van der Waals surface area (Å²) < 4.78 is 1.09. The molecule has 0 bridgehead atoms. The zero-order valence-electron chi connectivity index (χ0n) is 7.90. The van der Waals surface area contributed by atoms with Gasteiger partial charge in [0.2, 0.25) is 0 Å². The molecule has 0 atom stereocenters. The van der Waals surface area contributed by atoms with Crippen molar-refractivity contribution in [2.45, 2.75) is 6.42 Å².